The molecule has 2 heterocycles. The van der Waals surface area contributed by atoms with Crippen molar-refractivity contribution in [3.05, 3.63) is 18.2 Å². The molecule has 1 saturated heterocycles. The van der Waals surface area contributed by atoms with Gasteiger partial charge in [0.15, 0.2) is 0 Å². The highest BCUT2D eigenvalue weighted by Gasteiger charge is 2.23. The topological polar surface area (TPSA) is 29.9 Å². The van der Waals surface area contributed by atoms with Crippen LogP contribution in [0.15, 0.2) is 12.5 Å². The normalized spacial score (nSPS) is 27.4. The molecular weight excluding hydrogens is 198 g/mol. The van der Waals surface area contributed by atoms with Crippen molar-refractivity contribution in [2.45, 2.75) is 57.0 Å². The monoisotopic (exact) mass is 219 g/mol. The van der Waals surface area contributed by atoms with Gasteiger partial charge in [-0.15, -0.1) is 0 Å². The Hall–Kier alpha value is -0.830. The number of imidazole rings is 1. The summed E-state index contributed by atoms with van der Waals surface area (Å²) in [5.41, 5.74) is 1.42. The van der Waals surface area contributed by atoms with E-state index in [1.54, 1.807) is 0 Å². The highest BCUT2D eigenvalue weighted by Crippen LogP contribution is 2.32. The zero-order valence-electron chi connectivity index (χ0n) is 9.86. The van der Waals surface area contributed by atoms with E-state index in [2.05, 4.69) is 21.1 Å². The molecule has 2 fully saturated rings. The molecule has 0 spiro atoms. The maximum atomic E-state index is 4.36. The predicted octanol–water partition coefficient (Wildman–Crippen LogP) is 2.81. The summed E-state index contributed by atoms with van der Waals surface area (Å²) in [6, 6.07) is 1.28. The number of rotatable bonds is 2. The summed E-state index contributed by atoms with van der Waals surface area (Å²) in [6.45, 7) is 1.17. The van der Waals surface area contributed by atoms with Crippen LogP contribution in [0.4, 0.5) is 0 Å². The van der Waals surface area contributed by atoms with E-state index >= 15 is 0 Å². The first kappa shape index (κ1) is 10.3. The van der Waals surface area contributed by atoms with E-state index in [1.165, 1.54) is 57.2 Å². The van der Waals surface area contributed by atoms with E-state index in [-0.39, 0.29) is 0 Å². The predicted molar refractivity (Wildman–Crippen MR) is 64.3 cm³/mol. The van der Waals surface area contributed by atoms with Crippen LogP contribution in [0.2, 0.25) is 0 Å². The minimum Gasteiger partial charge on any atom is -0.330 e. The molecule has 16 heavy (non-hydrogen) atoms. The van der Waals surface area contributed by atoms with Gasteiger partial charge in [-0.3, -0.25) is 0 Å². The lowest BCUT2D eigenvalue weighted by molar-refractivity contribution is 0.340. The second-order valence-corrected chi connectivity index (χ2v) is 5.17. The molecule has 0 amide bonds. The standard InChI is InChI=1S/C13H21N3/c1-2-5-11(6-3-1)16-10-14-9-13(16)12-7-4-8-15-12/h9-12,15H,1-8H2. The summed E-state index contributed by atoms with van der Waals surface area (Å²) in [4.78, 5) is 4.36. The van der Waals surface area contributed by atoms with Gasteiger partial charge in [0.05, 0.1) is 12.0 Å². The number of nitrogens with zero attached hydrogens (tertiary/aromatic N) is 2. The molecule has 1 aliphatic heterocycles. The van der Waals surface area contributed by atoms with Gasteiger partial charge in [0.1, 0.15) is 0 Å². The van der Waals surface area contributed by atoms with Crippen molar-refractivity contribution in [2.24, 2.45) is 0 Å². The lowest BCUT2D eigenvalue weighted by Crippen LogP contribution is -2.20. The fourth-order valence-corrected chi connectivity index (χ4v) is 3.19. The summed E-state index contributed by atoms with van der Waals surface area (Å²) < 4.78 is 2.45. The molecule has 3 heteroatoms. The molecule has 3 nitrogen and oxygen atoms in total. The minimum absolute atomic E-state index is 0.560. The molecule has 1 aliphatic carbocycles. The molecule has 1 atom stereocenters. The van der Waals surface area contributed by atoms with Gasteiger partial charge >= 0.3 is 0 Å². The van der Waals surface area contributed by atoms with Gasteiger partial charge in [0.25, 0.3) is 0 Å². The van der Waals surface area contributed by atoms with E-state index in [0.717, 1.165) is 0 Å². The Morgan fingerprint density at radius 2 is 2.00 bits per heavy atom. The fraction of sp³-hybridized carbons (Fsp3) is 0.769. The maximum absolute atomic E-state index is 4.36. The first-order valence-electron chi connectivity index (χ1n) is 6.70. The molecule has 1 saturated carbocycles. The largest absolute Gasteiger partial charge is 0.330 e. The third-order valence-corrected chi connectivity index (χ3v) is 4.08. The molecular formula is C13H21N3. The number of nitrogens with one attached hydrogen (secondary N) is 1. The van der Waals surface area contributed by atoms with Gasteiger partial charge in [-0.25, -0.2) is 4.98 Å². The van der Waals surface area contributed by atoms with Crippen LogP contribution in [0.5, 0.6) is 0 Å². The van der Waals surface area contributed by atoms with Crippen LogP contribution >= 0.6 is 0 Å². The molecule has 0 radical (unpaired) electrons. The van der Waals surface area contributed by atoms with Crippen molar-refractivity contribution in [1.29, 1.82) is 0 Å². The SMILES string of the molecule is c1ncn(C2CCCCC2)c1C1CCCN1. The molecule has 1 aromatic rings. The zero-order chi connectivity index (χ0) is 10.8. The average Bonchev–Trinajstić information content (AvgIpc) is 3.01. The molecule has 3 rings (SSSR count). The Kier molecular flexibility index (Phi) is 2.96. The first-order chi connectivity index (χ1) is 7.95. The van der Waals surface area contributed by atoms with Gasteiger partial charge < -0.3 is 9.88 Å². The maximum Gasteiger partial charge on any atom is 0.0951 e. The number of hydrogen-bond acceptors (Lipinski definition) is 2. The van der Waals surface area contributed by atoms with E-state index in [9.17, 15) is 0 Å². The van der Waals surface area contributed by atoms with Crippen LogP contribution in [-0.4, -0.2) is 16.1 Å². The van der Waals surface area contributed by atoms with Crippen LogP contribution < -0.4 is 5.32 Å². The Morgan fingerprint density at radius 3 is 2.75 bits per heavy atom. The molecule has 1 aromatic heterocycles. The smallest absolute Gasteiger partial charge is 0.0951 e. The van der Waals surface area contributed by atoms with Crippen molar-refractivity contribution < 1.29 is 0 Å². The van der Waals surface area contributed by atoms with Crippen molar-refractivity contribution >= 4 is 0 Å². The summed E-state index contributed by atoms with van der Waals surface area (Å²) in [6.07, 6.45) is 13.6. The Bertz CT molecular complexity index is 333. The molecule has 0 aromatic carbocycles. The quantitative estimate of drug-likeness (QED) is 0.829. The molecule has 2 aliphatic rings. The van der Waals surface area contributed by atoms with E-state index in [0.29, 0.717) is 12.1 Å². The van der Waals surface area contributed by atoms with Gasteiger partial charge in [-0.05, 0) is 32.2 Å². The number of hydrogen-bond donors (Lipinski definition) is 1. The average molecular weight is 219 g/mol. The highest BCUT2D eigenvalue weighted by molar-refractivity contribution is 5.08. The van der Waals surface area contributed by atoms with Gasteiger partial charge in [0, 0.05) is 18.3 Å². The Labute approximate surface area is 97.3 Å². The van der Waals surface area contributed by atoms with Gasteiger partial charge in [-0.1, -0.05) is 19.3 Å². The van der Waals surface area contributed by atoms with Crippen LogP contribution in [0.25, 0.3) is 0 Å². The van der Waals surface area contributed by atoms with Crippen molar-refractivity contribution in [3.8, 4) is 0 Å². The Balaban J connectivity index is 1.80. The summed E-state index contributed by atoms with van der Waals surface area (Å²) in [5.74, 6) is 0. The van der Waals surface area contributed by atoms with Crippen LogP contribution in [0.1, 0.15) is 62.7 Å². The molecule has 88 valence electrons. The lowest BCUT2D eigenvalue weighted by Gasteiger charge is -2.26. The van der Waals surface area contributed by atoms with Crippen molar-refractivity contribution in [3.63, 3.8) is 0 Å². The fourth-order valence-electron chi connectivity index (χ4n) is 3.19. The summed E-state index contributed by atoms with van der Waals surface area (Å²) in [7, 11) is 0. The van der Waals surface area contributed by atoms with Crippen LogP contribution in [-0.2, 0) is 0 Å². The molecule has 0 bridgehead atoms. The third-order valence-electron chi connectivity index (χ3n) is 4.08. The highest BCUT2D eigenvalue weighted by atomic mass is 15.1. The van der Waals surface area contributed by atoms with E-state index in [4.69, 9.17) is 0 Å². The third kappa shape index (κ3) is 1.88. The summed E-state index contributed by atoms with van der Waals surface area (Å²) >= 11 is 0. The second kappa shape index (κ2) is 4.58. The van der Waals surface area contributed by atoms with Crippen molar-refractivity contribution in [2.75, 3.05) is 6.54 Å². The molecule has 1 unspecified atom stereocenters. The van der Waals surface area contributed by atoms with E-state index in [1.807, 2.05) is 6.33 Å². The number of aromatic nitrogens is 2. The Morgan fingerprint density at radius 1 is 1.12 bits per heavy atom. The lowest BCUT2D eigenvalue weighted by atomic mass is 9.95. The van der Waals surface area contributed by atoms with Crippen molar-refractivity contribution in [1.82, 2.24) is 14.9 Å². The van der Waals surface area contributed by atoms with Crippen LogP contribution in [0.3, 0.4) is 0 Å². The first-order valence-corrected chi connectivity index (χ1v) is 6.70. The van der Waals surface area contributed by atoms with Gasteiger partial charge in [0.2, 0.25) is 0 Å². The second-order valence-electron chi connectivity index (χ2n) is 5.17. The summed E-state index contributed by atoms with van der Waals surface area (Å²) in [5, 5.41) is 3.58. The molecule has 1 N–H and O–H groups in total. The van der Waals surface area contributed by atoms with Crippen LogP contribution in [0, 0.1) is 0 Å². The zero-order valence-corrected chi connectivity index (χ0v) is 9.86. The minimum atomic E-state index is 0.560. The van der Waals surface area contributed by atoms with Gasteiger partial charge in [-0.2, -0.15) is 0 Å². The van der Waals surface area contributed by atoms with E-state index < -0.39 is 0 Å².